The molecule has 0 saturated carbocycles. The molecule has 0 rings (SSSR count). The van der Waals surface area contributed by atoms with Crippen molar-refractivity contribution >= 4 is 50.3 Å². The summed E-state index contributed by atoms with van der Waals surface area (Å²) in [4.78, 5) is 90.8. The zero-order valence-corrected chi connectivity index (χ0v) is 34.6. The molecule has 0 bridgehead atoms. The van der Waals surface area contributed by atoms with Crippen LogP contribution in [0.15, 0.2) is 85.1 Å². The van der Waals surface area contributed by atoms with E-state index in [1.807, 2.05) is 0 Å². The molecule has 0 amide bonds. The van der Waals surface area contributed by atoms with Crippen LogP contribution in [0, 0.1) is 0 Å². The van der Waals surface area contributed by atoms with Crippen LogP contribution >= 0.6 is 0 Å². The Balaban J connectivity index is 8.01. The lowest BCUT2D eigenvalue weighted by Crippen LogP contribution is -2.62. The predicted molar refractivity (Wildman–Crippen MR) is 203 cm³/mol. The van der Waals surface area contributed by atoms with Gasteiger partial charge in [-0.25, -0.2) is 33.6 Å². The van der Waals surface area contributed by atoms with Crippen LogP contribution in [0.25, 0.3) is 0 Å². The fourth-order valence-electron chi connectivity index (χ4n) is 3.78. The first-order chi connectivity index (χ1) is 25.8. The van der Waals surface area contributed by atoms with Crippen LogP contribution in [0.2, 0.25) is 12.1 Å². The van der Waals surface area contributed by atoms with Crippen LogP contribution in [0.4, 0.5) is 0 Å². The van der Waals surface area contributed by atoms with Crippen molar-refractivity contribution in [2.45, 2.75) is 112 Å². The molecule has 0 atom stereocenters. The van der Waals surface area contributed by atoms with Crippen LogP contribution in [0.3, 0.4) is 0 Å². The number of esters is 7. The number of carbonyl (C=O) groups excluding carboxylic acids is 7. The van der Waals surface area contributed by atoms with Gasteiger partial charge in [0.1, 0.15) is 0 Å². The molecule has 0 aliphatic heterocycles. The number of hydrogen-bond donors (Lipinski definition) is 0. The van der Waals surface area contributed by atoms with Gasteiger partial charge in [-0.05, 0) is 67.0 Å². The summed E-state index contributed by atoms with van der Waals surface area (Å²) in [5, 5.41) is 0. The fraction of sp³-hybridized carbons (Fsp3) is 0.462. The Labute approximate surface area is 329 Å². The smallest absolute Gasteiger partial charge is 0.462 e. The summed E-state index contributed by atoms with van der Waals surface area (Å²) in [6.07, 6.45) is -5.40. The highest BCUT2D eigenvalue weighted by molar-refractivity contribution is 6.67. The van der Waals surface area contributed by atoms with Crippen LogP contribution < -0.4 is 0 Å². The van der Waals surface area contributed by atoms with E-state index in [0.29, 0.717) is 19.3 Å². The molecule has 0 spiro atoms. The van der Waals surface area contributed by atoms with Gasteiger partial charge in [0.25, 0.3) is 0 Å². The largest absolute Gasteiger partial charge is 0.559 e. The third-order valence-electron chi connectivity index (χ3n) is 6.68. The van der Waals surface area contributed by atoms with Gasteiger partial charge in [-0.1, -0.05) is 78.7 Å². The summed E-state index contributed by atoms with van der Waals surface area (Å²) in [6.45, 7) is 35.2. The Morgan fingerprint density at radius 3 is 0.929 bits per heavy atom. The molecule has 0 heterocycles. The molecule has 0 aliphatic rings. The summed E-state index contributed by atoms with van der Waals surface area (Å²) in [5.41, 5.74) is -1.43. The maximum atomic E-state index is 13.2. The minimum Gasteiger partial charge on any atom is -0.462 e. The van der Waals surface area contributed by atoms with Gasteiger partial charge in [0.15, 0.2) is 0 Å². The second kappa shape index (κ2) is 22.9. The van der Waals surface area contributed by atoms with Crippen molar-refractivity contribution < 1.29 is 75.6 Å². The van der Waals surface area contributed by atoms with Crippen LogP contribution in [-0.2, 0) is 75.6 Å². The van der Waals surface area contributed by atoms with E-state index in [4.69, 9.17) is 42.0 Å². The van der Waals surface area contributed by atoms with E-state index in [1.54, 1.807) is 6.92 Å². The maximum Gasteiger partial charge on any atom is 0.559 e. The van der Waals surface area contributed by atoms with Crippen molar-refractivity contribution in [3.63, 3.8) is 0 Å². The average molecular weight is 807 g/mol. The molecule has 310 valence electrons. The van der Waals surface area contributed by atoms with Crippen LogP contribution in [0.5, 0.6) is 0 Å². The normalized spacial score (nSPS) is 11.1. The second-order valence-corrected chi connectivity index (χ2v) is 16.2. The van der Waals surface area contributed by atoms with Crippen molar-refractivity contribution in [1.82, 2.24) is 0 Å². The average Bonchev–Trinajstić information content (AvgIpc) is 3.07. The quantitative estimate of drug-likeness (QED) is 0.0229. The molecule has 0 aromatic carbocycles. The Hall–Kier alpha value is -5.39. The van der Waals surface area contributed by atoms with Gasteiger partial charge in [-0.3, -0.25) is 8.85 Å². The number of carbonyl (C=O) groups is 7. The summed E-state index contributed by atoms with van der Waals surface area (Å²) in [6, 6.07) is -0.498. The molecule has 56 heavy (non-hydrogen) atoms. The van der Waals surface area contributed by atoms with Gasteiger partial charge in [-0.15, -0.1) is 0 Å². The molecule has 0 fully saturated rings. The highest BCUT2D eigenvalue weighted by atomic mass is 28.4. The van der Waals surface area contributed by atoms with E-state index in [1.165, 1.54) is 48.5 Å². The van der Waals surface area contributed by atoms with Crippen molar-refractivity contribution in [1.29, 1.82) is 0 Å². The zero-order valence-electron chi connectivity index (χ0n) is 33.6. The Morgan fingerprint density at radius 2 is 0.679 bits per heavy atom. The highest BCUT2D eigenvalue weighted by Crippen LogP contribution is 2.38. The zero-order chi connectivity index (χ0) is 43.6. The molecular formula is C39H54O16Si. The van der Waals surface area contributed by atoms with E-state index in [0.717, 1.165) is 0 Å². The van der Waals surface area contributed by atoms with Crippen LogP contribution in [0.1, 0.15) is 87.5 Å². The van der Waals surface area contributed by atoms with E-state index in [-0.39, 0.29) is 70.5 Å². The molecule has 0 N–H and O–H groups in total. The molecule has 0 unspecified atom stereocenters. The molecule has 0 aromatic heterocycles. The Bertz CT molecular complexity index is 1400. The highest BCUT2D eigenvalue weighted by Gasteiger charge is 2.61. The van der Waals surface area contributed by atoms with Gasteiger partial charge in [0, 0.05) is 39.0 Å². The van der Waals surface area contributed by atoms with Crippen LogP contribution in [-0.4, -0.2) is 69.3 Å². The van der Waals surface area contributed by atoms with Crippen molar-refractivity contribution in [2.75, 3.05) is 6.61 Å². The van der Waals surface area contributed by atoms with E-state index < -0.39 is 62.7 Å². The molecule has 0 aromatic rings. The Morgan fingerprint density at radius 1 is 0.411 bits per heavy atom. The molecular weight excluding hydrogens is 752 g/mol. The summed E-state index contributed by atoms with van der Waals surface area (Å²) >= 11 is 0. The lowest BCUT2D eigenvalue weighted by molar-refractivity contribution is -0.446. The first kappa shape index (κ1) is 50.6. The first-order valence-corrected chi connectivity index (χ1v) is 19.6. The molecule has 16 nitrogen and oxygen atoms in total. The summed E-state index contributed by atoms with van der Waals surface area (Å²) < 4.78 is 50.4. The number of rotatable bonds is 26. The summed E-state index contributed by atoms with van der Waals surface area (Å²) in [5.74, 6) is -8.31. The number of hydrogen-bond acceptors (Lipinski definition) is 16. The van der Waals surface area contributed by atoms with Crippen molar-refractivity contribution in [3.05, 3.63) is 85.1 Å². The van der Waals surface area contributed by atoms with Gasteiger partial charge in [0.05, 0.1) is 6.61 Å². The maximum absolute atomic E-state index is 13.2. The van der Waals surface area contributed by atoms with E-state index >= 15 is 0 Å². The van der Waals surface area contributed by atoms with Crippen molar-refractivity contribution in [3.8, 4) is 0 Å². The number of unbranched alkanes of at least 4 members (excludes halogenated alkanes) is 3. The number of ether oxygens (including phenoxy) is 7. The van der Waals surface area contributed by atoms with E-state index in [2.05, 4.69) is 46.1 Å². The molecule has 0 saturated heterocycles. The topological polar surface area (TPSA) is 203 Å². The monoisotopic (exact) mass is 806 g/mol. The van der Waals surface area contributed by atoms with E-state index in [9.17, 15) is 33.6 Å². The minimum absolute atomic E-state index is 0.0670. The SMILES string of the molecule is C=C(C)C(=O)OCCCCCC[Si](CCC)(OC(OC(=O)C(=C)C)(OC(=O)C(=C)C)OC(=O)C(=C)C)OC(OC(=O)C(=C)C)(OC(=O)C(=C)C)OC(=O)C(=C)C. The third-order valence-corrected chi connectivity index (χ3v) is 10.3. The van der Waals surface area contributed by atoms with Crippen molar-refractivity contribution in [2.24, 2.45) is 0 Å². The lowest BCUT2D eigenvalue weighted by Gasteiger charge is -2.41. The minimum atomic E-state index is -4.72. The first-order valence-electron chi connectivity index (χ1n) is 17.3. The predicted octanol–water partition coefficient (Wildman–Crippen LogP) is 6.49. The lowest BCUT2D eigenvalue weighted by atomic mass is 10.2. The summed E-state index contributed by atoms with van der Waals surface area (Å²) in [7, 11) is -4.72. The fourth-order valence-corrected chi connectivity index (χ4v) is 7.19. The second-order valence-electron chi connectivity index (χ2n) is 13.0. The molecule has 0 radical (unpaired) electrons. The van der Waals surface area contributed by atoms with Gasteiger partial charge >= 0.3 is 62.7 Å². The van der Waals surface area contributed by atoms with Gasteiger partial charge < -0.3 is 33.2 Å². The third kappa shape index (κ3) is 17.4. The standard InChI is InChI=1S/C39H54O16Si/c1-16-22-56(23-20-18-17-19-21-47-31(40)24(2)3,54-38(48-32(41)25(4)5,49-33(42)26(6)7)50-34(43)27(8)9)55-39(51-35(44)28(10)11,52-36(45)29(12)13)53-37(46)30(14)15/h2,4,6,8,10,12,14,16-23H2,1,3,5,7,9,11,13,15H3. The molecule has 0 aliphatic carbocycles. The molecule has 17 heteroatoms. The Kier molecular flexibility index (Phi) is 20.7. The van der Waals surface area contributed by atoms with Gasteiger partial charge in [0.2, 0.25) is 0 Å². The van der Waals surface area contributed by atoms with Gasteiger partial charge in [-0.2, -0.15) is 0 Å².